The van der Waals surface area contributed by atoms with E-state index in [2.05, 4.69) is 10.8 Å². The van der Waals surface area contributed by atoms with Crippen molar-refractivity contribution in [3.63, 3.8) is 0 Å². The number of anilines is 1. The largest absolute Gasteiger partial charge is 0.466 e. The molecule has 3 N–H and O–H groups in total. The van der Waals surface area contributed by atoms with Crippen molar-refractivity contribution in [2.45, 2.75) is 39.7 Å². The van der Waals surface area contributed by atoms with E-state index in [4.69, 9.17) is 9.47 Å². The molecule has 1 heterocycles. The van der Waals surface area contributed by atoms with Gasteiger partial charge in [0.15, 0.2) is 0 Å². The number of benzene rings is 1. The number of methoxy groups -OCH3 is 1. The number of hydrogen-bond donors (Lipinski definition) is 3. The fourth-order valence-corrected chi connectivity index (χ4v) is 3.04. The van der Waals surface area contributed by atoms with E-state index >= 15 is 0 Å². The van der Waals surface area contributed by atoms with Gasteiger partial charge in [-0.2, -0.15) is 0 Å². The highest BCUT2D eigenvalue weighted by Crippen LogP contribution is 2.39. The van der Waals surface area contributed by atoms with E-state index in [0.717, 1.165) is 0 Å². The van der Waals surface area contributed by atoms with E-state index in [0.29, 0.717) is 33.8 Å². The molecule has 0 saturated carbocycles. The monoisotopic (exact) mass is 360 g/mol. The van der Waals surface area contributed by atoms with Crippen molar-refractivity contribution >= 4 is 17.6 Å². The number of ether oxygens (including phenoxy) is 2. The van der Waals surface area contributed by atoms with Crippen LogP contribution in [0.15, 0.2) is 46.8 Å². The van der Waals surface area contributed by atoms with Crippen LogP contribution in [0, 0.1) is 0 Å². The summed E-state index contributed by atoms with van der Waals surface area (Å²) in [4.78, 5) is 25.2. The van der Waals surface area contributed by atoms with Gasteiger partial charge in [-0.15, -0.1) is 0 Å². The summed E-state index contributed by atoms with van der Waals surface area (Å²) in [7, 11) is 1.29. The van der Waals surface area contributed by atoms with Crippen molar-refractivity contribution in [1.29, 1.82) is 0 Å². The molecule has 0 amide bonds. The molecule has 26 heavy (non-hydrogen) atoms. The van der Waals surface area contributed by atoms with Gasteiger partial charge in [0.2, 0.25) is 0 Å². The van der Waals surface area contributed by atoms with Gasteiger partial charge in [-0.25, -0.2) is 9.59 Å². The Labute approximate surface area is 152 Å². The SMILES string of the molecule is COC(=O)C1=C(C)NC(C)=C(C(=O)OC(C)C)C1c1cccc(NO)c1. The molecule has 1 aromatic rings. The highest BCUT2D eigenvalue weighted by Gasteiger charge is 2.38. The van der Waals surface area contributed by atoms with Crippen molar-refractivity contribution in [2.24, 2.45) is 0 Å². The van der Waals surface area contributed by atoms with Crippen molar-refractivity contribution in [1.82, 2.24) is 5.32 Å². The molecule has 0 aliphatic carbocycles. The number of carbonyl (C=O) groups is 2. The predicted molar refractivity (Wildman–Crippen MR) is 96.4 cm³/mol. The van der Waals surface area contributed by atoms with Crippen LogP contribution < -0.4 is 10.8 Å². The average Bonchev–Trinajstić information content (AvgIpc) is 2.59. The number of dihydropyridines is 1. The third-order valence-corrected chi connectivity index (χ3v) is 4.08. The van der Waals surface area contributed by atoms with E-state index < -0.39 is 17.9 Å². The number of carbonyl (C=O) groups excluding carboxylic acids is 2. The highest BCUT2D eigenvalue weighted by molar-refractivity contribution is 6.00. The summed E-state index contributed by atoms with van der Waals surface area (Å²) in [5.74, 6) is -1.72. The van der Waals surface area contributed by atoms with Crippen LogP contribution in [0.1, 0.15) is 39.2 Å². The highest BCUT2D eigenvalue weighted by atomic mass is 16.5. The summed E-state index contributed by atoms with van der Waals surface area (Å²) in [5, 5.41) is 12.3. The van der Waals surface area contributed by atoms with Gasteiger partial charge in [0.1, 0.15) is 0 Å². The number of allylic oxidation sites excluding steroid dienone is 2. The molecule has 0 spiro atoms. The molecule has 0 aromatic heterocycles. The fourth-order valence-electron chi connectivity index (χ4n) is 3.04. The van der Waals surface area contributed by atoms with Gasteiger partial charge in [0.25, 0.3) is 0 Å². The van der Waals surface area contributed by atoms with Crippen molar-refractivity contribution in [3.05, 3.63) is 52.4 Å². The molecule has 1 atom stereocenters. The van der Waals surface area contributed by atoms with Crippen LogP contribution in [0.3, 0.4) is 0 Å². The molecular weight excluding hydrogens is 336 g/mol. The molecule has 0 radical (unpaired) electrons. The first-order valence-electron chi connectivity index (χ1n) is 8.28. The van der Waals surface area contributed by atoms with Gasteiger partial charge < -0.3 is 14.8 Å². The number of esters is 2. The van der Waals surface area contributed by atoms with Gasteiger partial charge in [0.05, 0.1) is 36.0 Å². The van der Waals surface area contributed by atoms with Crippen LogP contribution in [0.2, 0.25) is 0 Å². The van der Waals surface area contributed by atoms with E-state index in [1.165, 1.54) is 7.11 Å². The van der Waals surface area contributed by atoms with Gasteiger partial charge in [0, 0.05) is 11.4 Å². The number of hydrogen-bond acceptors (Lipinski definition) is 7. The maximum atomic E-state index is 12.8. The minimum Gasteiger partial charge on any atom is -0.466 e. The lowest BCUT2D eigenvalue weighted by atomic mass is 9.80. The third-order valence-electron chi connectivity index (χ3n) is 4.08. The molecule has 1 aliphatic rings. The zero-order valence-electron chi connectivity index (χ0n) is 15.5. The number of rotatable bonds is 5. The lowest BCUT2D eigenvalue weighted by Gasteiger charge is -2.30. The topological polar surface area (TPSA) is 96.9 Å². The smallest absolute Gasteiger partial charge is 0.337 e. The minimum atomic E-state index is -0.678. The maximum Gasteiger partial charge on any atom is 0.337 e. The first-order chi connectivity index (χ1) is 12.3. The Hall–Kier alpha value is -2.80. The normalized spacial score (nSPS) is 17.1. The molecule has 1 aliphatic heterocycles. The van der Waals surface area contributed by atoms with Crippen molar-refractivity contribution in [3.8, 4) is 0 Å². The van der Waals surface area contributed by atoms with Gasteiger partial charge in [-0.05, 0) is 45.4 Å². The second kappa shape index (κ2) is 8.05. The second-order valence-corrected chi connectivity index (χ2v) is 6.32. The summed E-state index contributed by atoms with van der Waals surface area (Å²) in [6.45, 7) is 7.03. The van der Waals surface area contributed by atoms with Crippen LogP contribution in [0.5, 0.6) is 0 Å². The van der Waals surface area contributed by atoms with E-state index in [1.807, 2.05) is 0 Å². The summed E-state index contributed by atoms with van der Waals surface area (Å²) >= 11 is 0. The Bertz CT molecular complexity index is 780. The molecule has 1 aromatic carbocycles. The molecule has 1 unspecified atom stereocenters. The first kappa shape index (κ1) is 19.5. The predicted octanol–water partition coefficient (Wildman–Crippen LogP) is 2.85. The Morgan fingerprint density at radius 2 is 1.77 bits per heavy atom. The zero-order chi connectivity index (χ0) is 19.4. The Morgan fingerprint density at radius 3 is 2.31 bits per heavy atom. The summed E-state index contributed by atoms with van der Waals surface area (Å²) in [6, 6.07) is 6.84. The van der Waals surface area contributed by atoms with Crippen LogP contribution in [-0.2, 0) is 19.1 Å². The molecule has 140 valence electrons. The Morgan fingerprint density at radius 1 is 1.15 bits per heavy atom. The Kier molecular flexibility index (Phi) is 6.05. The lowest BCUT2D eigenvalue weighted by Crippen LogP contribution is -2.33. The maximum absolute atomic E-state index is 12.8. The van der Waals surface area contributed by atoms with E-state index in [9.17, 15) is 14.8 Å². The summed E-state index contributed by atoms with van der Waals surface area (Å²) in [5.41, 5.74) is 5.04. The zero-order valence-corrected chi connectivity index (χ0v) is 15.5. The van der Waals surface area contributed by atoms with Crippen molar-refractivity contribution in [2.75, 3.05) is 12.6 Å². The molecule has 0 fully saturated rings. The van der Waals surface area contributed by atoms with E-state index in [-0.39, 0.29) is 6.10 Å². The van der Waals surface area contributed by atoms with Crippen LogP contribution in [0.25, 0.3) is 0 Å². The first-order valence-corrected chi connectivity index (χ1v) is 8.28. The number of nitrogens with one attached hydrogen (secondary N) is 2. The van der Waals surface area contributed by atoms with Gasteiger partial charge in [-0.1, -0.05) is 12.1 Å². The third kappa shape index (κ3) is 3.88. The van der Waals surface area contributed by atoms with Crippen LogP contribution >= 0.6 is 0 Å². The average molecular weight is 360 g/mol. The van der Waals surface area contributed by atoms with Gasteiger partial charge in [-0.3, -0.25) is 10.7 Å². The molecule has 7 heteroatoms. The fraction of sp³-hybridized carbons (Fsp3) is 0.368. The second-order valence-electron chi connectivity index (χ2n) is 6.32. The molecule has 0 saturated heterocycles. The quantitative estimate of drug-likeness (QED) is 0.549. The molecular formula is C19H24N2O5. The molecule has 7 nitrogen and oxygen atoms in total. The minimum absolute atomic E-state index is 0.303. The summed E-state index contributed by atoms with van der Waals surface area (Å²) < 4.78 is 10.3. The van der Waals surface area contributed by atoms with E-state index in [1.54, 1.807) is 52.0 Å². The molecule has 0 bridgehead atoms. The van der Waals surface area contributed by atoms with Crippen LogP contribution in [-0.4, -0.2) is 30.4 Å². The molecule has 2 rings (SSSR count). The Balaban J connectivity index is 2.65. The lowest BCUT2D eigenvalue weighted by molar-refractivity contribution is -0.143. The van der Waals surface area contributed by atoms with Crippen LogP contribution in [0.4, 0.5) is 5.69 Å². The van der Waals surface area contributed by atoms with Gasteiger partial charge >= 0.3 is 11.9 Å². The van der Waals surface area contributed by atoms with Crippen molar-refractivity contribution < 1.29 is 24.3 Å². The summed E-state index contributed by atoms with van der Waals surface area (Å²) in [6.07, 6.45) is -0.303. The standard InChI is InChI=1S/C19H24N2O5/c1-10(2)26-19(23)16-12(4)20-11(3)15(18(22)25-5)17(16)13-7-6-8-14(9-13)21-24/h6-10,17,20-21,24H,1-5H3.